The van der Waals surface area contributed by atoms with Crippen LogP contribution in [0.2, 0.25) is 5.04 Å². The third-order valence-electron chi connectivity index (χ3n) is 12.4. The molecule has 3 N–H and O–H groups in total. The van der Waals surface area contributed by atoms with Crippen molar-refractivity contribution >= 4 is 48.1 Å². The first-order chi connectivity index (χ1) is 28.0. The molecule has 11 heteroatoms. The highest BCUT2D eigenvalue weighted by atomic mass is 28.4. The fraction of sp³-hybridized carbons (Fsp3) is 0.521. The molecule has 4 amide bonds. The first kappa shape index (κ1) is 45.5. The molecule has 2 aliphatic rings. The van der Waals surface area contributed by atoms with E-state index < -0.39 is 49.9 Å². The molecule has 2 heterocycles. The third-order valence-corrected chi connectivity index (χ3v) is 17.5. The van der Waals surface area contributed by atoms with Crippen molar-refractivity contribution in [2.45, 2.75) is 154 Å². The van der Waals surface area contributed by atoms with Gasteiger partial charge in [0.05, 0.1) is 0 Å². The van der Waals surface area contributed by atoms with Gasteiger partial charge in [-0.2, -0.15) is 0 Å². The maximum absolute atomic E-state index is 14.2. The second kappa shape index (κ2) is 19.6. The van der Waals surface area contributed by atoms with Crippen molar-refractivity contribution in [1.29, 1.82) is 0 Å². The summed E-state index contributed by atoms with van der Waals surface area (Å²) in [5.74, 6) is -1.18. The predicted octanol–water partition coefficient (Wildman–Crippen LogP) is 6.10. The zero-order chi connectivity index (χ0) is 43.0. The van der Waals surface area contributed by atoms with E-state index in [1.54, 1.807) is 11.8 Å². The highest BCUT2D eigenvalue weighted by Gasteiger charge is 2.51. The second-order valence-corrected chi connectivity index (χ2v) is 22.3. The van der Waals surface area contributed by atoms with Gasteiger partial charge in [0.1, 0.15) is 29.8 Å². The topological polar surface area (TPSA) is 134 Å². The molecule has 2 saturated heterocycles. The predicted molar refractivity (Wildman–Crippen MR) is 236 cm³/mol. The van der Waals surface area contributed by atoms with Crippen LogP contribution in [0.3, 0.4) is 0 Å². The van der Waals surface area contributed by atoms with E-state index in [1.807, 2.05) is 74.5 Å². The monoisotopic (exact) mass is 822 g/mol. The average molecular weight is 823 g/mol. The Bertz CT molecular complexity index is 1880. The van der Waals surface area contributed by atoms with E-state index in [2.05, 4.69) is 74.8 Å². The maximum Gasteiger partial charge on any atom is 0.262 e. The van der Waals surface area contributed by atoms with Crippen LogP contribution in [0.4, 0.5) is 0 Å². The number of unbranched alkanes of at least 4 members (excludes halogenated alkanes) is 2. The van der Waals surface area contributed by atoms with Crippen LogP contribution in [0.5, 0.6) is 0 Å². The summed E-state index contributed by atoms with van der Waals surface area (Å²) in [6.07, 6.45) is 3.47. The lowest BCUT2D eigenvalue weighted by Crippen LogP contribution is -2.68. The molecule has 0 aliphatic carbocycles. The van der Waals surface area contributed by atoms with Crippen LogP contribution < -0.4 is 26.3 Å². The van der Waals surface area contributed by atoms with Crippen molar-refractivity contribution < 1.29 is 28.4 Å². The van der Waals surface area contributed by atoms with E-state index in [0.717, 1.165) is 15.9 Å². The van der Waals surface area contributed by atoms with E-state index in [0.29, 0.717) is 57.4 Å². The lowest BCUT2D eigenvalue weighted by atomic mass is 9.94. The number of fused-ring (bicyclic) bond motifs is 1. The smallest absolute Gasteiger partial charge is 0.262 e. The molecule has 59 heavy (non-hydrogen) atoms. The fourth-order valence-corrected chi connectivity index (χ4v) is 13.2. The van der Waals surface area contributed by atoms with Crippen molar-refractivity contribution in [3.05, 3.63) is 96.1 Å². The number of benzene rings is 3. The lowest BCUT2D eigenvalue weighted by Gasteiger charge is -2.44. The Kier molecular flexibility index (Phi) is 15.1. The number of nitrogens with one attached hydrogen (secondary N) is 3. The summed E-state index contributed by atoms with van der Waals surface area (Å²) in [7, 11) is -2.91. The van der Waals surface area contributed by atoms with Crippen LogP contribution in [0, 0.1) is 0 Å². The van der Waals surface area contributed by atoms with Crippen LogP contribution in [-0.4, -0.2) is 78.9 Å². The van der Waals surface area contributed by atoms with Crippen molar-refractivity contribution in [2.75, 3.05) is 6.54 Å². The molecule has 5 atom stereocenters. The highest BCUT2D eigenvalue weighted by molar-refractivity contribution is 6.99. The molecular weight excluding hydrogens is 757 g/mol. The van der Waals surface area contributed by atoms with Gasteiger partial charge in [-0.05, 0) is 78.4 Å². The molecule has 0 spiro atoms. The Labute approximate surface area is 352 Å². The average Bonchev–Trinajstić information content (AvgIpc) is 3.72. The minimum atomic E-state index is -2.91. The van der Waals surface area contributed by atoms with Crippen molar-refractivity contribution in [2.24, 2.45) is 0 Å². The second-order valence-electron chi connectivity index (χ2n) is 18.0. The first-order valence-corrected chi connectivity index (χ1v) is 23.6. The van der Waals surface area contributed by atoms with Gasteiger partial charge in [0.2, 0.25) is 23.6 Å². The number of hydrogen-bond donors (Lipinski definition) is 3. The van der Waals surface area contributed by atoms with Crippen LogP contribution in [0.25, 0.3) is 0 Å². The van der Waals surface area contributed by atoms with Crippen LogP contribution in [0.15, 0.2) is 84.9 Å². The minimum absolute atomic E-state index is 0.0247. The highest BCUT2D eigenvalue weighted by Crippen LogP contribution is 2.38. The number of amides is 4. The molecule has 0 radical (unpaired) electrons. The number of carbonyl (C=O) groups is 5. The largest absolute Gasteiger partial charge is 0.398 e. The Morgan fingerprint density at radius 2 is 1.44 bits per heavy atom. The van der Waals surface area contributed by atoms with E-state index >= 15 is 0 Å². The number of carbonyl (C=O) groups excluding carboxylic acids is 5. The number of rotatable bonds is 15. The van der Waals surface area contributed by atoms with Gasteiger partial charge < -0.3 is 25.3 Å². The number of nitrogens with zero attached hydrogens (tertiary/aromatic N) is 1. The molecule has 0 saturated carbocycles. The number of hydrogen-bond acceptors (Lipinski definition) is 6. The molecule has 10 nitrogen and oxygen atoms in total. The molecule has 0 unspecified atom stereocenters. The standard InChI is InChI=1S/C48H66N4O6Si/c1-9-48(8)46(57)50-40(32-35-27-29-36(30-28-35)33(2)3)45(56)52-31-19-25-41(52)44(55)49-39(43(54)51-48)24-17-12-18-26-42(53)34(4)58-59(47(5,6)7,37-20-13-10-14-21-37)38-22-15-11-16-23-38/h10-11,13-16,20-23,27-30,33-34,39-41H,9,12,17-19,24-26,31-32H2,1-8H3,(H,49,55)(H,50,57)(H,51,54)/t34-,39+,40+,41-,48+/m1/s1. The summed E-state index contributed by atoms with van der Waals surface area (Å²) in [5, 5.41) is 10.8. The molecule has 0 aromatic heterocycles. The lowest BCUT2D eigenvalue weighted by molar-refractivity contribution is -0.144. The minimum Gasteiger partial charge on any atom is -0.398 e. The quantitative estimate of drug-likeness (QED) is 0.126. The van der Waals surface area contributed by atoms with Gasteiger partial charge in [-0.15, -0.1) is 0 Å². The molecular formula is C48H66N4O6Si. The number of Topliss-reactive ketones (excluding diaryl/α,β-unsaturated/α-hetero) is 1. The molecule has 0 bridgehead atoms. The van der Waals surface area contributed by atoms with Gasteiger partial charge in [0, 0.05) is 19.4 Å². The van der Waals surface area contributed by atoms with Crippen molar-refractivity contribution in [1.82, 2.24) is 20.9 Å². The van der Waals surface area contributed by atoms with E-state index in [9.17, 15) is 24.0 Å². The SMILES string of the molecule is CC[C@]1(C)NC(=O)[C@H](CCCCCC(=O)[C@@H](C)O[Si](c2ccccc2)(c2ccccc2)C(C)(C)C)NC(=O)[C@H]2CCCN2C(=O)[C@H](Cc2ccc(C(C)C)cc2)NC1=O. The molecule has 2 aliphatic heterocycles. The Balaban J connectivity index is 1.25. The normalized spacial score (nSPS) is 22.5. The Morgan fingerprint density at radius 3 is 2.00 bits per heavy atom. The number of ketones is 1. The molecule has 5 rings (SSSR count). The Hall–Kier alpha value is -4.61. The fourth-order valence-electron chi connectivity index (χ4n) is 8.55. The maximum atomic E-state index is 14.2. The van der Waals surface area contributed by atoms with Gasteiger partial charge in [-0.25, -0.2) is 0 Å². The van der Waals surface area contributed by atoms with Crippen LogP contribution >= 0.6 is 0 Å². The van der Waals surface area contributed by atoms with Gasteiger partial charge >= 0.3 is 0 Å². The summed E-state index contributed by atoms with van der Waals surface area (Å²) >= 11 is 0. The molecule has 3 aromatic rings. The van der Waals surface area contributed by atoms with Crippen molar-refractivity contribution in [3.8, 4) is 0 Å². The summed E-state index contributed by atoms with van der Waals surface area (Å²) < 4.78 is 7.04. The summed E-state index contributed by atoms with van der Waals surface area (Å²) in [4.78, 5) is 71.3. The molecule has 2 fully saturated rings. The molecule has 318 valence electrons. The first-order valence-electron chi connectivity index (χ1n) is 21.6. The van der Waals surface area contributed by atoms with Gasteiger partial charge in [-0.1, -0.05) is 139 Å². The summed E-state index contributed by atoms with van der Waals surface area (Å²) in [6, 6.07) is 26.0. The zero-order valence-corrected chi connectivity index (χ0v) is 37.4. The third kappa shape index (κ3) is 10.6. The zero-order valence-electron chi connectivity index (χ0n) is 36.4. The van der Waals surface area contributed by atoms with E-state index in [-0.39, 0.29) is 35.5 Å². The Morgan fingerprint density at radius 1 is 0.831 bits per heavy atom. The summed E-state index contributed by atoms with van der Waals surface area (Å²) in [5.41, 5.74) is 0.748. The molecule has 3 aromatic carbocycles. The van der Waals surface area contributed by atoms with Crippen molar-refractivity contribution in [3.63, 3.8) is 0 Å². The van der Waals surface area contributed by atoms with Gasteiger partial charge in [0.25, 0.3) is 8.32 Å². The van der Waals surface area contributed by atoms with E-state index in [1.165, 1.54) is 5.56 Å². The summed E-state index contributed by atoms with van der Waals surface area (Å²) in [6.45, 7) is 16.5. The van der Waals surface area contributed by atoms with Gasteiger partial charge in [0.15, 0.2) is 5.78 Å². The van der Waals surface area contributed by atoms with E-state index in [4.69, 9.17) is 4.43 Å². The van der Waals surface area contributed by atoms with Gasteiger partial charge in [-0.3, -0.25) is 24.0 Å². The van der Waals surface area contributed by atoms with Crippen LogP contribution in [0.1, 0.15) is 124 Å². The van der Waals surface area contributed by atoms with Crippen LogP contribution in [-0.2, 0) is 34.8 Å².